The van der Waals surface area contributed by atoms with Crippen LogP contribution in [0, 0.1) is 0 Å². The topological polar surface area (TPSA) is 50.4 Å². The van der Waals surface area contributed by atoms with Crippen LogP contribution in [-0.4, -0.2) is 12.5 Å². The zero-order chi connectivity index (χ0) is 19.9. The van der Waals surface area contributed by atoms with Gasteiger partial charge in [-0.05, 0) is 76.1 Å². The van der Waals surface area contributed by atoms with E-state index in [9.17, 15) is 4.79 Å². The molecule has 0 heterocycles. The summed E-state index contributed by atoms with van der Waals surface area (Å²) in [5.41, 5.74) is 2.67. The van der Waals surface area contributed by atoms with Crippen LogP contribution in [0.4, 0.5) is 11.4 Å². The van der Waals surface area contributed by atoms with Crippen molar-refractivity contribution in [2.45, 2.75) is 6.54 Å². The van der Waals surface area contributed by atoms with Crippen LogP contribution < -0.4 is 15.4 Å². The summed E-state index contributed by atoms with van der Waals surface area (Å²) < 4.78 is 6.38. The molecule has 0 aromatic heterocycles. The molecule has 3 rings (SSSR count). The molecule has 144 valence electrons. The van der Waals surface area contributed by atoms with Crippen LogP contribution in [0.15, 0.2) is 71.2 Å². The van der Waals surface area contributed by atoms with Crippen molar-refractivity contribution >= 4 is 56.4 Å². The van der Waals surface area contributed by atoms with Gasteiger partial charge in [-0.25, -0.2) is 0 Å². The zero-order valence-corrected chi connectivity index (χ0v) is 17.8. The number of hydrogen-bond donors (Lipinski definition) is 2. The molecule has 0 aliphatic rings. The summed E-state index contributed by atoms with van der Waals surface area (Å²) in [7, 11) is 0. The number of benzene rings is 3. The minimum absolute atomic E-state index is 0.0959. The fraction of sp³-hybridized carbons (Fsp3) is 0.0952. The van der Waals surface area contributed by atoms with Crippen molar-refractivity contribution < 1.29 is 9.53 Å². The Hall–Kier alpha value is -2.21. The number of anilines is 2. The molecule has 4 nitrogen and oxygen atoms in total. The van der Waals surface area contributed by atoms with Crippen LogP contribution in [0.5, 0.6) is 5.75 Å². The molecule has 3 aromatic rings. The van der Waals surface area contributed by atoms with Gasteiger partial charge in [0.1, 0.15) is 5.75 Å². The Balaban J connectivity index is 1.52. The predicted molar refractivity (Wildman–Crippen MR) is 118 cm³/mol. The van der Waals surface area contributed by atoms with Crippen molar-refractivity contribution in [2.24, 2.45) is 0 Å². The van der Waals surface area contributed by atoms with Crippen molar-refractivity contribution in [1.82, 2.24) is 0 Å². The molecule has 0 radical (unpaired) electrons. The number of halogens is 3. The van der Waals surface area contributed by atoms with Gasteiger partial charge in [-0.1, -0.05) is 35.3 Å². The van der Waals surface area contributed by atoms with Crippen LogP contribution in [-0.2, 0) is 11.3 Å². The highest BCUT2D eigenvalue weighted by Gasteiger charge is 2.07. The molecule has 0 fully saturated rings. The summed E-state index contributed by atoms with van der Waals surface area (Å²) >= 11 is 15.3. The molecule has 28 heavy (non-hydrogen) atoms. The molecule has 0 saturated heterocycles. The van der Waals surface area contributed by atoms with Gasteiger partial charge < -0.3 is 15.4 Å². The largest absolute Gasteiger partial charge is 0.483 e. The van der Waals surface area contributed by atoms with E-state index in [0.29, 0.717) is 28.0 Å². The zero-order valence-electron chi connectivity index (χ0n) is 14.7. The van der Waals surface area contributed by atoms with Crippen molar-refractivity contribution in [2.75, 3.05) is 17.2 Å². The summed E-state index contributed by atoms with van der Waals surface area (Å²) in [4.78, 5) is 12.0. The van der Waals surface area contributed by atoms with Gasteiger partial charge >= 0.3 is 0 Å². The molecule has 1 amide bonds. The van der Waals surface area contributed by atoms with Crippen molar-refractivity contribution in [3.63, 3.8) is 0 Å². The Bertz CT molecular complexity index is 965. The quantitative estimate of drug-likeness (QED) is 0.413. The Labute approximate surface area is 181 Å². The van der Waals surface area contributed by atoms with Gasteiger partial charge in [-0.15, -0.1) is 0 Å². The first-order valence-corrected chi connectivity index (χ1v) is 10.0. The number of nitrogens with one attached hydrogen (secondary N) is 2. The number of carbonyl (C=O) groups excluding carboxylic acids is 1. The SMILES string of the molecule is O=C(COc1ccc(CNc2cccc(Cl)c2)cc1Br)Nc1ccc(Cl)cc1. The first-order chi connectivity index (χ1) is 13.5. The van der Waals surface area contributed by atoms with Gasteiger partial charge in [-0.2, -0.15) is 0 Å². The lowest BCUT2D eigenvalue weighted by atomic mass is 10.2. The first-order valence-electron chi connectivity index (χ1n) is 8.46. The summed E-state index contributed by atoms with van der Waals surface area (Å²) in [6, 6.07) is 20.2. The van der Waals surface area contributed by atoms with Crippen LogP contribution in [0.3, 0.4) is 0 Å². The molecule has 0 spiro atoms. The molecule has 3 aromatic carbocycles. The van der Waals surface area contributed by atoms with Gasteiger partial charge in [0.15, 0.2) is 6.61 Å². The van der Waals surface area contributed by atoms with Crippen molar-refractivity contribution in [1.29, 1.82) is 0 Å². The van der Waals surface area contributed by atoms with Crippen molar-refractivity contribution in [3.05, 3.63) is 86.8 Å². The Morgan fingerprint density at radius 3 is 2.43 bits per heavy atom. The minimum atomic E-state index is -0.249. The van der Waals surface area contributed by atoms with Gasteiger partial charge in [0.25, 0.3) is 5.91 Å². The monoisotopic (exact) mass is 478 g/mol. The second-order valence-corrected chi connectivity index (χ2v) is 7.70. The molecule has 0 aliphatic heterocycles. The number of hydrogen-bond acceptors (Lipinski definition) is 3. The Morgan fingerprint density at radius 2 is 1.71 bits per heavy atom. The third kappa shape index (κ3) is 6.16. The first kappa shape index (κ1) is 20.5. The molecular formula is C21H17BrCl2N2O2. The maximum absolute atomic E-state index is 12.0. The third-order valence-corrected chi connectivity index (χ3v) is 4.91. The number of rotatable bonds is 7. The fourth-order valence-electron chi connectivity index (χ4n) is 2.45. The molecule has 0 bridgehead atoms. The van der Waals surface area contributed by atoms with Gasteiger partial charge in [0.05, 0.1) is 4.47 Å². The Morgan fingerprint density at radius 1 is 0.929 bits per heavy atom. The smallest absolute Gasteiger partial charge is 0.262 e. The summed E-state index contributed by atoms with van der Waals surface area (Å²) in [6.07, 6.45) is 0. The number of carbonyl (C=O) groups is 1. The van der Waals surface area contributed by atoms with Crippen LogP contribution in [0.1, 0.15) is 5.56 Å². The van der Waals surface area contributed by atoms with E-state index in [1.54, 1.807) is 24.3 Å². The van der Waals surface area contributed by atoms with E-state index >= 15 is 0 Å². The van der Waals surface area contributed by atoms with Crippen molar-refractivity contribution in [3.8, 4) is 5.75 Å². The van der Waals surface area contributed by atoms with Crippen LogP contribution in [0.2, 0.25) is 10.0 Å². The highest BCUT2D eigenvalue weighted by molar-refractivity contribution is 9.10. The van der Waals surface area contributed by atoms with Gasteiger partial charge in [0, 0.05) is 28.0 Å². The van der Waals surface area contributed by atoms with E-state index in [-0.39, 0.29) is 12.5 Å². The van der Waals surface area contributed by atoms with E-state index in [0.717, 1.165) is 15.7 Å². The molecule has 0 aliphatic carbocycles. The van der Waals surface area contributed by atoms with E-state index in [1.165, 1.54) is 0 Å². The van der Waals surface area contributed by atoms with E-state index in [1.807, 2.05) is 42.5 Å². The van der Waals surface area contributed by atoms with E-state index < -0.39 is 0 Å². The number of ether oxygens (including phenoxy) is 1. The average Bonchev–Trinajstić information content (AvgIpc) is 2.67. The highest BCUT2D eigenvalue weighted by Crippen LogP contribution is 2.26. The second-order valence-electron chi connectivity index (χ2n) is 5.97. The second kappa shape index (κ2) is 9.82. The lowest BCUT2D eigenvalue weighted by Gasteiger charge is -2.11. The Kier molecular flexibility index (Phi) is 7.20. The summed E-state index contributed by atoms with van der Waals surface area (Å²) in [5, 5.41) is 7.37. The number of amides is 1. The molecule has 0 saturated carbocycles. The third-order valence-electron chi connectivity index (χ3n) is 3.80. The molecule has 0 atom stereocenters. The lowest BCUT2D eigenvalue weighted by Crippen LogP contribution is -2.20. The van der Waals surface area contributed by atoms with Gasteiger partial charge in [-0.3, -0.25) is 4.79 Å². The highest BCUT2D eigenvalue weighted by atomic mass is 79.9. The van der Waals surface area contributed by atoms with E-state index in [4.69, 9.17) is 27.9 Å². The van der Waals surface area contributed by atoms with Gasteiger partial charge in [0.2, 0.25) is 0 Å². The fourth-order valence-corrected chi connectivity index (χ4v) is 3.30. The summed E-state index contributed by atoms with van der Waals surface area (Å²) in [6.45, 7) is 0.539. The standard InChI is InChI=1S/C21H17BrCl2N2O2/c22-19-10-14(12-25-18-3-1-2-16(24)11-18)4-9-20(19)28-13-21(27)26-17-7-5-15(23)6-8-17/h1-11,25H,12-13H2,(H,26,27). The maximum Gasteiger partial charge on any atom is 0.262 e. The molecule has 2 N–H and O–H groups in total. The predicted octanol–water partition coefficient (Wildman–Crippen LogP) is 6.39. The average molecular weight is 480 g/mol. The molecular weight excluding hydrogens is 463 g/mol. The molecule has 0 unspecified atom stereocenters. The minimum Gasteiger partial charge on any atom is -0.483 e. The summed E-state index contributed by atoms with van der Waals surface area (Å²) in [5.74, 6) is 0.346. The lowest BCUT2D eigenvalue weighted by molar-refractivity contribution is -0.118. The molecule has 7 heteroatoms. The van der Waals surface area contributed by atoms with Crippen LogP contribution >= 0.6 is 39.1 Å². The van der Waals surface area contributed by atoms with Crippen LogP contribution in [0.25, 0.3) is 0 Å². The van der Waals surface area contributed by atoms with E-state index in [2.05, 4.69) is 26.6 Å². The normalized spacial score (nSPS) is 10.4. The maximum atomic E-state index is 12.0.